The van der Waals surface area contributed by atoms with Crippen molar-refractivity contribution in [1.29, 1.82) is 0 Å². The Bertz CT molecular complexity index is 5520. The molecule has 20 rings (SSSR count). The van der Waals surface area contributed by atoms with Gasteiger partial charge in [0.25, 0.3) is 0 Å². The highest BCUT2D eigenvalue weighted by atomic mass is 79.9. The van der Waals surface area contributed by atoms with Gasteiger partial charge in [0, 0.05) is 156 Å². The maximum atomic E-state index is 5.65. The molecular weight excluding hydrogens is 1310 g/mol. The Morgan fingerprint density at radius 3 is 0.911 bits per heavy atom. The van der Waals surface area contributed by atoms with Gasteiger partial charge in [0.1, 0.15) is 0 Å². The number of aromatic nitrogens is 3. The van der Waals surface area contributed by atoms with Crippen LogP contribution in [0.2, 0.25) is 0 Å². The summed E-state index contributed by atoms with van der Waals surface area (Å²) in [5.41, 5.74) is 21.1. The van der Waals surface area contributed by atoms with E-state index in [9.17, 15) is 0 Å². The van der Waals surface area contributed by atoms with Gasteiger partial charge < -0.3 is 25.6 Å². The van der Waals surface area contributed by atoms with Crippen LogP contribution in [0.1, 0.15) is 33.1 Å². The molecule has 11 heteroatoms. The standard InChI is InChI=1S/C42H24N2S2.C18H8Br2S2.C12H9N.C6H14N2.CH4/c1-5-13-35-27(9-1)28-10-2-6-14-36(28)43(35)25-17-19-39-31(21-25)33-23-42-34(24-41(33)45-39)32-22-26(18-20-40(32)46-42)44-37-15-7-3-11-29(37)30-12-4-8-16-38(30)44;19-9-1-3-15-11(5-9)13-7-18-14(8-17(13)21-15)12-6-10(20)2-4-16(12)22-18;1-3-7-11-9(5-1)10-6-2-4-8-12(10)13-11;7-5-3-1-2-4-6(5)8;/h1-24H;1-8H;1-8,13H;5-6H,1-4,7-8H2;1H4/t;;;5-,6-;/m...1./s1. The molecule has 2 atom stereocenters. The summed E-state index contributed by atoms with van der Waals surface area (Å²) in [4.78, 5) is 3.38. The molecule has 0 unspecified atom stereocenters. The molecule has 1 saturated carbocycles. The summed E-state index contributed by atoms with van der Waals surface area (Å²) in [5.74, 6) is 0. The van der Waals surface area contributed by atoms with Crippen molar-refractivity contribution in [3.63, 3.8) is 0 Å². The van der Waals surface area contributed by atoms with Gasteiger partial charge in [0.2, 0.25) is 0 Å². The minimum Gasteiger partial charge on any atom is -0.355 e. The third-order valence-corrected chi connectivity index (χ3v) is 23.5. The van der Waals surface area contributed by atoms with Crippen molar-refractivity contribution in [2.24, 2.45) is 11.5 Å². The first-order valence-electron chi connectivity index (χ1n) is 30.1. The lowest BCUT2D eigenvalue weighted by atomic mass is 9.92. The Kier molecular flexibility index (Phi) is 14.7. The molecule has 0 spiro atoms. The molecule has 12 aromatic carbocycles. The van der Waals surface area contributed by atoms with E-state index in [2.05, 4.69) is 289 Å². The van der Waals surface area contributed by atoms with Gasteiger partial charge in [-0.05, 0) is 146 Å². The highest BCUT2D eigenvalue weighted by molar-refractivity contribution is 9.10. The Balaban J connectivity index is 0.000000120. The van der Waals surface area contributed by atoms with Crippen molar-refractivity contribution in [3.8, 4) is 11.4 Å². The number of rotatable bonds is 2. The van der Waals surface area contributed by atoms with Gasteiger partial charge in [0.05, 0.1) is 22.1 Å². The Labute approximate surface area is 552 Å². The van der Waals surface area contributed by atoms with Crippen LogP contribution in [0.5, 0.6) is 0 Å². The third-order valence-electron chi connectivity index (χ3n) is 18.0. The number of H-pyrrole nitrogens is 1. The molecule has 5 nitrogen and oxygen atoms in total. The zero-order chi connectivity index (χ0) is 59.4. The lowest BCUT2D eigenvalue weighted by Gasteiger charge is -2.24. The van der Waals surface area contributed by atoms with Crippen LogP contribution < -0.4 is 11.5 Å². The number of thiophene rings is 4. The molecule has 0 bridgehead atoms. The Morgan fingerprint density at radius 2 is 0.578 bits per heavy atom. The summed E-state index contributed by atoms with van der Waals surface area (Å²) in [6.45, 7) is 0. The van der Waals surface area contributed by atoms with Crippen LogP contribution in [0.4, 0.5) is 0 Å². The lowest BCUT2D eigenvalue weighted by Crippen LogP contribution is -2.43. The predicted octanol–water partition coefficient (Wildman–Crippen LogP) is 24.7. The zero-order valence-electron chi connectivity index (χ0n) is 48.0. The van der Waals surface area contributed by atoms with E-state index in [1.807, 2.05) is 45.3 Å². The second-order valence-electron chi connectivity index (χ2n) is 23.3. The van der Waals surface area contributed by atoms with Gasteiger partial charge in [0.15, 0.2) is 0 Å². The molecule has 7 heterocycles. The number of nitrogens with one attached hydrogen (secondary N) is 1. The van der Waals surface area contributed by atoms with Gasteiger partial charge in [-0.2, -0.15) is 0 Å². The first kappa shape index (κ1) is 57.0. The number of aromatic amines is 1. The van der Waals surface area contributed by atoms with Crippen LogP contribution >= 0.6 is 77.2 Å². The maximum Gasteiger partial charge on any atom is 0.0541 e. The average molecular weight is 1370 g/mol. The number of fused-ring (bicyclic) bond motifs is 21. The Hall–Kier alpha value is -8.20. The molecule has 0 saturated heterocycles. The fourth-order valence-corrected chi connectivity index (χ4v) is 18.8. The first-order chi connectivity index (χ1) is 43.7. The van der Waals surface area contributed by atoms with E-state index in [0.717, 1.165) is 21.8 Å². The minimum absolute atomic E-state index is 0. The molecule has 438 valence electrons. The van der Waals surface area contributed by atoms with Gasteiger partial charge >= 0.3 is 0 Å². The van der Waals surface area contributed by atoms with Crippen molar-refractivity contribution >= 4 is 223 Å². The van der Waals surface area contributed by atoms with E-state index in [1.165, 1.54) is 170 Å². The van der Waals surface area contributed by atoms with Crippen LogP contribution in [0.3, 0.4) is 0 Å². The SMILES string of the molecule is Brc1ccc2sc3cc4c(cc3c2c1)sc1ccc(Br)cc14.C.N[C@@H]1CCCC[C@H]1N.c1ccc2c(c1)[nH]c1ccccc12.c1ccc2c(c1)c1ccccc1n2-c1ccc2sc3cc4c(cc3c2c1)sc1ccc(-n2c3ccccc3c3ccccc32)cc14. The first-order valence-corrected chi connectivity index (χ1v) is 35.0. The third kappa shape index (κ3) is 9.81. The number of benzene rings is 12. The molecule has 0 aliphatic heterocycles. The lowest BCUT2D eigenvalue weighted by molar-refractivity contribution is 0.385. The highest BCUT2D eigenvalue weighted by Gasteiger charge is 2.19. The van der Waals surface area contributed by atoms with E-state index >= 15 is 0 Å². The highest BCUT2D eigenvalue weighted by Crippen LogP contribution is 2.46. The maximum absolute atomic E-state index is 5.65. The van der Waals surface area contributed by atoms with Crippen LogP contribution in [0.25, 0.3) is 157 Å². The minimum atomic E-state index is 0. The number of hydrogen-bond acceptors (Lipinski definition) is 6. The summed E-state index contributed by atoms with van der Waals surface area (Å²) in [6.07, 6.45) is 4.80. The van der Waals surface area contributed by atoms with Crippen LogP contribution in [0.15, 0.2) is 252 Å². The molecule has 0 amide bonds. The molecule has 1 aliphatic carbocycles. The van der Waals surface area contributed by atoms with E-state index in [0.29, 0.717) is 0 Å². The largest absolute Gasteiger partial charge is 0.355 e. The summed E-state index contributed by atoms with van der Waals surface area (Å²) in [6, 6.07) is 89.0. The number of nitrogens with two attached hydrogens (primary N) is 2. The second kappa shape index (κ2) is 23.2. The van der Waals surface area contributed by atoms with Gasteiger partial charge in [-0.1, -0.05) is 161 Å². The summed E-state index contributed by atoms with van der Waals surface area (Å²) >= 11 is 14.7. The van der Waals surface area contributed by atoms with E-state index < -0.39 is 0 Å². The van der Waals surface area contributed by atoms with Crippen LogP contribution in [-0.2, 0) is 0 Å². The van der Waals surface area contributed by atoms with Crippen molar-refractivity contribution in [3.05, 3.63) is 252 Å². The number of hydrogen-bond donors (Lipinski definition) is 3. The summed E-state index contributed by atoms with van der Waals surface area (Å²) in [7, 11) is 0. The Morgan fingerprint density at radius 1 is 0.300 bits per heavy atom. The normalized spacial score (nSPS) is 14.4. The van der Waals surface area contributed by atoms with Crippen molar-refractivity contribution < 1.29 is 0 Å². The quantitative estimate of drug-likeness (QED) is 0.161. The molecular formula is C79H59Br2N5S4. The summed E-state index contributed by atoms with van der Waals surface area (Å²) < 4.78 is 17.9. The monoisotopic (exact) mass is 1360 g/mol. The van der Waals surface area contributed by atoms with Gasteiger partial charge in [-0.15, -0.1) is 45.3 Å². The predicted molar refractivity (Wildman–Crippen MR) is 405 cm³/mol. The van der Waals surface area contributed by atoms with E-state index in [4.69, 9.17) is 11.5 Å². The van der Waals surface area contributed by atoms with E-state index in [1.54, 1.807) is 0 Å². The molecule has 1 fully saturated rings. The van der Waals surface area contributed by atoms with Crippen LogP contribution in [-0.4, -0.2) is 26.2 Å². The van der Waals surface area contributed by atoms with Crippen molar-refractivity contribution in [2.75, 3.05) is 0 Å². The van der Waals surface area contributed by atoms with Gasteiger partial charge in [-0.3, -0.25) is 0 Å². The molecule has 5 N–H and O–H groups in total. The molecule has 90 heavy (non-hydrogen) atoms. The fourth-order valence-electron chi connectivity index (χ4n) is 13.7. The number of nitrogens with zero attached hydrogens (tertiary/aromatic N) is 2. The summed E-state index contributed by atoms with van der Waals surface area (Å²) in [5, 5.41) is 18.5. The molecule has 19 aromatic rings. The van der Waals surface area contributed by atoms with E-state index in [-0.39, 0.29) is 19.5 Å². The topological polar surface area (TPSA) is 77.7 Å². The smallest absolute Gasteiger partial charge is 0.0541 e. The van der Waals surface area contributed by atoms with Crippen molar-refractivity contribution in [2.45, 2.75) is 45.2 Å². The van der Waals surface area contributed by atoms with Gasteiger partial charge in [-0.25, -0.2) is 0 Å². The molecule has 0 radical (unpaired) electrons. The number of halogens is 2. The average Bonchev–Trinajstić information content (AvgIpc) is 1.63. The number of para-hydroxylation sites is 6. The zero-order valence-corrected chi connectivity index (χ0v) is 54.5. The van der Waals surface area contributed by atoms with Crippen molar-refractivity contribution in [1.82, 2.24) is 14.1 Å². The molecule has 1 aliphatic rings. The fraction of sp³-hybridized carbons (Fsp3) is 0.0886. The van der Waals surface area contributed by atoms with Crippen LogP contribution in [0, 0.1) is 0 Å². The molecule has 7 aromatic heterocycles. The second-order valence-corrected chi connectivity index (χ2v) is 29.5.